The summed E-state index contributed by atoms with van der Waals surface area (Å²) in [6.07, 6.45) is 0. The van der Waals surface area contributed by atoms with Crippen LogP contribution in [0.1, 0.15) is 26.6 Å². The Labute approximate surface area is 145 Å². The van der Waals surface area contributed by atoms with Crippen molar-refractivity contribution >= 4 is 61.6 Å². The fraction of sp³-hybridized carbons (Fsp3) is 0.286. The molecule has 0 spiro atoms. The van der Waals surface area contributed by atoms with E-state index in [1.54, 1.807) is 0 Å². The van der Waals surface area contributed by atoms with Crippen LogP contribution in [-0.2, 0) is 5.41 Å². The molecule has 1 N–H and O–H groups in total. The molecular weight excluding hydrogens is 452 g/mol. The van der Waals surface area contributed by atoms with Crippen molar-refractivity contribution in [1.82, 2.24) is 9.97 Å². The van der Waals surface area contributed by atoms with Gasteiger partial charge >= 0.3 is 0 Å². The highest BCUT2D eigenvalue weighted by atomic mass is 127. The van der Waals surface area contributed by atoms with Gasteiger partial charge in [0.2, 0.25) is 0 Å². The first-order valence-electron chi connectivity index (χ1n) is 6.03. The van der Waals surface area contributed by atoms with E-state index in [9.17, 15) is 0 Å². The third kappa shape index (κ3) is 4.05. The Hall–Kier alpha value is -0.400. The van der Waals surface area contributed by atoms with E-state index in [4.69, 9.17) is 11.6 Å². The van der Waals surface area contributed by atoms with Crippen molar-refractivity contribution in [2.24, 2.45) is 0 Å². The van der Waals surface area contributed by atoms with E-state index >= 15 is 0 Å². The predicted octanol–water partition coefficient (Wildman–Crippen LogP) is 5.54. The van der Waals surface area contributed by atoms with Gasteiger partial charge in [-0.1, -0.05) is 32.4 Å². The minimum atomic E-state index is -0.115. The second-order valence-electron chi connectivity index (χ2n) is 5.40. The zero-order valence-electron chi connectivity index (χ0n) is 11.3. The van der Waals surface area contributed by atoms with E-state index in [0.717, 1.165) is 25.5 Å². The van der Waals surface area contributed by atoms with E-state index in [2.05, 4.69) is 74.6 Å². The van der Waals surface area contributed by atoms with Crippen molar-refractivity contribution in [1.29, 1.82) is 0 Å². The van der Waals surface area contributed by atoms with Gasteiger partial charge < -0.3 is 5.32 Å². The summed E-state index contributed by atoms with van der Waals surface area (Å²) in [4.78, 5) is 8.97. The highest BCUT2D eigenvalue weighted by Crippen LogP contribution is 2.28. The fourth-order valence-electron chi connectivity index (χ4n) is 1.55. The second kappa shape index (κ2) is 6.15. The van der Waals surface area contributed by atoms with Gasteiger partial charge in [0.1, 0.15) is 16.2 Å². The molecule has 0 aliphatic carbocycles. The molecule has 2 rings (SSSR count). The van der Waals surface area contributed by atoms with Gasteiger partial charge in [-0.2, -0.15) is 0 Å². The van der Waals surface area contributed by atoms with E-state index in [-0.39, 0.29) is 5.41 Å². The molecule has 1 heterocycles. The van der Waals surface area contributed by atoms with Crippen LogP contribution in [0.5, 0.6) is 0 Å². The van der Waals surface area contributed by atoms with Crippen LogP contribution in [0.2, 0.25) is 5.02 Å². The number of nitrogens with zero attached hydrogens (tertiary/aromatic N) is 2. The predicted molar refractivity (Wildman–Crippen MR) is 95.9 cm³/mol. The normalized spacial score (nSPS) is 11.5. The SMILES string of the molecule is CC(C)(C)c1nc(Br)cc(Nc2ccc(I)cc2Cl)n1. The molecule has 0 radical (unpaired) electrons. The molecule has 106 valence electrons. The molecule has 0 saturated heterocycles. The zero-order chi connectivity index (χ0) is 14.9. The number of anilines is 2. The maximum Gasteiger partial charge on any atom is 0.137 e. The van der Waals surface area contributed by atoms with E-state index in [1.165, 1.54) is 0 Å². The van der Waals surface area contributed by atoms with Gasteiger partial charge in [-0.15, -0.1) is 0 Å². The number of aromatic nitrogens is 2. The molecule has 0 aliphatic heterocycles. The molecule has 3 nitrogen and oxygen atoms in total. The van der Waals surface area contributed by atoms with Crippen molar-refractivity contribution in [2.45, 2.75) is 26.2 Å². The van der Waals surface area contributed by atoms with Crippen molar-refractivity contribution < 1.29 is 0 Å². The third-order valence-electron chi connectivity index (χ3n) is 2.56. The summed E-state index contributed by atoms with van der Waals surface area (Å²) in [5.74, 6) is 1.50. The molecule has 0 amide bonds. The Balaban J connectivity index is 2.36. The first-order valence-corrected chi connectivity index (χ1v) is 8.28. The molecule has 6 heteroatoms. The van der Waals surface area contributed by atoms with Crippen LogP contribution < -0.4 is 5.32 Å². The Bertz CT molecular complexity index is 641. The lowest BCUT2D eigenvalue weighted by atomic mass is 9.96. The van der Waals surface area contributed by atoms with Crippen LogP contribution in [0.15, 0.2) is 28.9 Å². The Morgan fingerprint density at radius 3 is 2.50 bits per heavy atom. The van der Waals surface area contributed by atoms with E-state index in [0.29, 0.717) is 5.02 Å². The average molecular weight is 467 g/mol. The maximum absolute atomic E-state index is 6.23. The molecule has 2 aromatic rings. The van der Waals surface area contributed by atoms with Crippen molar-refractivity contribution in [2.75, 3.05) is 5.32 Å². The Morgan fingerprint density at radius 2 is 1.90 bits per heavy atom. The fourth-order valence-corrected chi connectivity index (χ4v) is 2.83. The van der Waals surface area contributed by atoms with Crippen LogP contribution in [0, 0.1) is 3.57 Å². The molecule has 0 atom stereocenters. The number of hydrogen-bond acceptors (Lipinski definition) is 3. The lowest BCUT2D eigenvalue weighted by molar-refractivity contribution is 0.544. The zero-order valence-corrected chi connectivity index (χ0v) is 15.8. The van der Waals surface area contributed by atoms with Gasteiger partial charge in [-0.3, -0.25) is 0 Å². The minimum Gasteiger partial charge on any atom is -0.339 e. The van der Waals surface area contributed by atoms with Gasteiger partial charge in [-0.05, 0) is 56.7 Å². The van der Waals surface area contributed by atoms with Crippen LogP contribution in [0.3, 0.4) is 0 Å². The molecule has 0 bridgehead atoms. The van der Waals surface area contributed by atoms with Crippen LogP contribution >= 0.6 is 50.1 Å². The Morgan fingerprint density at radius 1 is 1.20 bits per heavy atom. The monoisotopic (exact) mass is 465 g/mol. The number of hydrogen-bond donors (Lipinski definition) is 1. The summed E-state index contributed by atoms with van der Waals surface area (Å²) in [5.41, 5.74) is 0.716. The first-order chi connectivity index (χ1) is 9.25. The summed E-state index contributed by atoms with van der Waals surface area (Å²) in [5, 5.41) is 3.91. The quantitative estimate of drug-likeness (QED) is 0.467. The number of halogens is 3. The van der Waals surface area contributed by atoms with Gasteiger partial charge in [0.15, 0.2) is 0 Å². The van der Waals surface area contributed by atoms with Gasteiger partial charge in [0, 0.05) is 15.1 Å². The van der Waals surface area contributed by atoms with Crippen LogP contribution in [-0.4, -0.2) is 9.97 Å². The molecule has 0 unspecified atom stereocenters. The highest BCUT2D eigenvalue weighted by molar-refractivity contribution is 14.1. The maximum atomic E-state index is 6.23. The largest absolute Gasteiger partial charge is 0.339 e. The highest BCUT2D eigenvalue weighted by Gasteiger charge is 2.19. The summed E-state index contributed by atoms with van der Waals surface area (Å²) in [7, 11) is 0. The van der Waals surface area contributed by atoms with Gasteiger partial charge in [0.25, 0.3) is 0 Å². The second-order valence-corrected chi connectivity index (χ2v) is 7.86. The van der Waals surface area contributed by atoms with E-state index < -0.39 is 0 Å². The summed E-state index contributed by atoms with van der Waals surface area (Å²) in [6, 6.07) is 7.68. The number of benzene rings is 1. The standard InChI is InChI=1S/C14H14BrClIN3/c1-14(2,3)13-19-11(15)7-12(20-13)18-10-5-4-8(17)6-9(10)16/h4-7H,1-3H3,(H,18,19,20). The average Bonchev–Trinajstić information content (AvgIpc) is 2.31. The molecule has 0 fully saturated rings. The first kappa shape index (κ1) is 16.0. The molecule has 0 saturated carbocycles. The molecular formula is C14H14BrClIN3. The molecule has 1 aromatic heterocycles. The smallest absolute Gasteiger partial charge is 0.137 e. The summed E-state index contributed by atoms with van der Waals surface area (Å²) in [6.45, 7) is 6.24. The lowest BCUT2D eigenvalue weighted by Crippen LogP contribution is -2.16. The lowest BCUT2D eigenvalue weighted by Gasteiger charge is -2.18. The molecule has 20 heavy (non-hydrogen) atoms. The van der Waals surface area contributed by atoms with Crippen molar-refractivity contribution in [3.8, 4) is 0 Å². The van der Waals surface area contributed by atoms with Gasteiger partial charge in [0.05, 0.1) is 10.7 Å². The van der Waals surface area contributed by atoms with Crippen LogP contribution in [0.4, 0.5) is 11.5 Å². The minimum absolute atomic E-state index is 0.115. The summed E-state index contributed by atoms with van der Waals surface area (Å²) < 4.78 is 1.85. The molecule has 0 aliphatic rings. The third-order valence-corrected chi connectivity index (χ3v) is 3.95. The van der Waals surface area contributed by atoms with Crippen molar-refractivity contribution in [3.05, 3.63) is 43.3 Å². The van der Waals surface area contributed by atoms with Gasteiger partial charge in [-0.25, -0.2) is 9.97 Å². The Kier molecular flexibility index (Phi) is 4.92. The van der Waals surface area contributed by atoms with Crippen molar-refractivity contribution in [3.63, 3.8) is 0 Å². The van der Waals surface area contributed by atoms with Crippen LogP contribution in [0.25, 0.3) is 0 Å². The molecule has 1 aromatic carbocycles. The summed E-state index contributed by atoms with van der Waals surface area (Å²) >= 11 is 11.9. The number of nitrogens with one attached hydrogen (secondary N) is 1. The van der Waals surface area contributed by atoms with E-state index in [1.807, 2.05) is 24.3 Å². The topological polar surface area (TPSA) is 37.8 Å². The number of rotatable bonds is 2.